The van der Waals surface area contributed by atoms with Gasteiger partial charge in [0, 0.05) is 66.0 Å². The molecule has 10 nitrogen and oxygen atoms in total. The zero-order chi connectivity index (χ0) is 29.0. The number of hydrogen-bond acceptors (Lipinski definition) is 8. The van der Waals surface area contributed by atoms with E-state index < -0.39 is 27.6 Å². The third-order valence-electron chi connectivity index (χ3n) is 7.25. The second kappa shape index (κ2) is 12.2. The smallest absolute Gasteiger partial charge is 0.336 e. The molecule has 0 bridgehead atoms. The Morgan fingerprint density at radius 3 is 2.73 bits per heavy atom. The van der Waals surface area contributed by atoms with E-state index in [0.717, 1.165) is 18.4 Å². The minimum atomic E-state index is -4.04. The van der Waals surface area contributed by atoms with Gasteiger partial charge in [-0.05, 0) is 55.7 Å². The third kappa shape index (κ3) is 5.88. The fraction of sp³-hybridized carbons (Fsp3) is 0.300. The summed E-state index contributed by atoms with van der Waals surface area (Å²) in [4.78, 5) is 37.1. The summed E-state index contributed by atoms with van der Waals surface area (Å²) in [5.74, 6) is -0.446. The van der Waals surface area contributed by atoms with Crippen molar-refractivity contribution in [3.8, 4) is 0 Å². The first-order chi connectivity index (χ1) is 19.8. The first-order valence-electron chi connectivity index (χ1n) is 13.4. The molecule has 1 aliphatic heterocycles. The summed E-state index contributed by atoms with van der Waals surface area (Å²) in [5.41, 5.74) is 1.47. The molecule has 4 aromatic rings. The Hall–Kier alpha value is -4.06. The van der Waals surface area contributed by atoms with Gasteiger partial charge in [0.2, 0.25) is 15.9 Å². The fourth-order valence-corrected chi connectivity index (χ4v) is 6.94. The lowest BCUT2D eigenvalue weighted by Gasteiger charge is -2.33. The Bertz CT molecular complexity index is 1770. The molecule has 1 saturated heterocycles. The molecule has 1 fully saturated rings. The Morgan fingerprint density at radius 2 is 1.93 bits per heavy atom. The number of rotatable bonds is 10. The number of methoxy groups -OCH3 is 1. The zero-order valence-corrected chi connectivity index (χ0v) is 23.4. The van der Waals surface area contributed by atoms with Crippen LogP contribution in [0.15, 0.2) is 74.8 Å². The molecule has 3 aromatic carbocycles. The molecule has 41 heavy (non-hydrogen) atoms. The van der Waals surface area contributed by atoms with Crippen LogP contribution in [0.25, 0.3) is 21.7 Å². The number of amides is 1. The normalized spacial score (nSPS) is 16.1. The van der Waals surface area contributed by atoms with Crippen LogP contribution in [0, 0.1) is 0 Å². The number of piperidine rings is 1. The van der Waals surface area contributed by atoms with Crippen molar-refractivity contribution in [1.82, 2.24) is 4.31 Å². The number of anilines is 2. The van der Waals surface area contributed by atoms with Crippen molar-refractivity contribution in [2.24, 2.45) is 0 Å². The summed E-state index contributed by atoms with van der Waals surface area (Å²) in [6.45, 7) is 1.43. The Labute approximate surface area is 237 Å². The first-order valence-corrected chi connectivity index (χ1v) is 14.9. The largest absolute Gasteiger partial charge is 0.423 e. The standard InChI is InChI=1S/C30H31N3O7S/c1-39-17-5-15-31-25-12-11-24(23-7-4-6-21(19-34)29(23)25)32-30(36)26-8-2-3-16-33(26)41(37,38)22-10-13-27-20(18-22)9-14-28(35)40-27/h4,6-7,9-14,18-19,26,31H,2-3,5,8,15-17H2,1H3,(H,32,36). The molecule has 0 spiro atoms. The molecule has 11 heteroatoms. The molecule has 2 N–H and O–H groups in total. The highest BCUT2D eigenvalue weighted by atomic mass is 32.2. The van der Waals surface area contributed by atoms with Gasteiger partial charge in [-0.25, -0.2) is 13.2 Å². The topological polar surface area (TPSA) is 135 Å². The number of nitrogens with zero attached hydrogens (tertiary/aromatic N) is 1. The Kier molecular flexibility index (Phi) is 8.48. The number of fused-ring (bicyclic) bond motifs is 2. The van der Waals surface area contributed by atoms with Gasteiger partial charge in [0.25, 0.3) is 0 Å². The van der Waals surface area contributed by atoms with E-state index in [4.69, 9.17) is 9.15 Å². The van der Waals surface area contributed by atoms with E-state index in [1.165, 1.54) is 34.6 Å². The van der Waals surface area contributed by atoms with Gasteiger partial charge in [0.15, 0.2) is 6.29 Å². The minimum absolute atomic E-state index is 0.0172. The van der Waals surface area contributed by atoms with Crippen LogP contribution in [0.1, 0.15) is 36.0 Å². The summed E-state index contributed by atoms with van der Waals surface area (Å²) in [5, 5.41) is 8.09. The van der Waals surface area contributed by atoms with Crippen molar-refractivity contribution in [3.63, 3.8) is 0 Å². The SMILES string of the molecule is COCCCNc1ccc(NC(=O)C2CCCCN2S(=O)(=O)c2ccc3oc(=O)ccc3c2)c2cccc(C=O)c12. The van der Waals surface area contributed by atoms with E-state index in [0.29, 0.717) is 59.8 Å². The Balaban J connectivity index is 1.44. The molecular formula is C30H31N3O7S. The van der Waals surface area contributed by atoms with Crippen LogP contribution in [0.2, 0.25) is 0 Å². The van der Waals surface area contributed by atoms with E-state index in [2.05, 4.69) is 10.6 Å². The molecule has 1 unspecified atom stereocenters. The lowest BCUT2D eigenvalue weighted by Crippen LogP contribution is -2.49. The van der Waals surface area contributed by atoms with E-state index in [1.54, 1.807) is 31.4 Å². The van der Waals surface area contributed by atoms with Gasteiger partial charge in [0.05, 0.1) is 4.90 Å². The van der Waals surface area contributed by atoms with Gasteiger partial charge in [-0.1, -0.05) is 24.6 Å². The lowest BCUT2D eigenvalue weighted by molar-refractivity contribution is -0.120. The van der Waals surface area contributed by atoms with Crippen molar-refractivity contribution >= 4 is 55.3 Å². The quantitative estimate of drug-likeness (QED) is 0.161. The van der Waals surface area contributed by atoms with Gasteiger partial charge in [-0.2, -0.15) is 4.31 Å². The summed E-state index contributed by atoms with van der Waals surface area (Å²) in [6, 6.07) is 14.9. The number of aldehydes is 1. The number of nitrogens with one attached hydrogen (secondary N) is 2. The number of benzene rings is 3. The van der Waals surface area contributed by atoms with Gasteiger partial charge in [0.1, 0.15) is 11.6 Å². The van der Waals surface area contributed by atoms with E-state index in [1.807, 2.05) is 6.07 Å². The van der Waals surface area contributed by atoms with Crippen LogP contribution in [-0.2, 0) is 19.6 Å². The van der Waals surface area contributed by atoms with Crippen LogP contribution < -0.4 is 16.3 Å². The third-order valence-corrected chi connectivity index (χ3v) is 9.16. The van der Waals surface area contributed by atoms with Gasteiger partial charge >= 0.3 is 5.63 Å². The second-order valence-electron chi connectivity index (χ2n) is 9.89. The molecule has 0 radical (unpaired) electrons. The molecule has 1 amide bonds. The molecule has 1 atom stereocenters. The van der Waals surface area contributed by atoms with E-state index in [9.17, 15) is 22.8 Å². The van der Waals surface area contributed by atoms with Gasteiger partial charge in [-0.15, -0.1) is 0 Å². The second-order valence-corrected chi connectivity index (χ2v) is 11.8. The van der Waals surface area contributed by atoms with Crippen molar-refractivity contribution in [2.75, 3.05) is 37.4 Å². The summed E-state index contributed by atoms with van der Waals surface area (Å²) < 4.78 is 39.0. The summed E-state index contributed by atoms with van der Waals surface area (Å²) >= 11 is 0. The minimum Gasteiger partial charge on any atom is -0.423 e. The monoisotopic (exact) mass is 577 g/mol. The van der Waals surface area contributed by atoms with Crippen LogP contribution in [0.5, 0.6) is 0 Å². The summed E-state index contributed by atoms with van der Waals surface area (Å²) in [7, 11) is -2.40. The molecule has 0 aliphatic carbocycles. The van der Waals surface area contributed by atoms with Crippen LogP contribution in [-0.4, -0.2) is 57.8 Å². The molecule has 1 aliphatic rings. The Morgan fingerprint density at radius 1 is 1.10 bits per heavy atom. The van der Waals surface area contributed by atoms with Crippen LogP contribution >= 0.6 is 0 Å². The average Bonchev–Trinajstić information content (AvgIpc) is 2.99. The van der Waals surface area contributed by atoms with Crippen LogP contribution in [0.4, 0.5) is 11.4 Å². The average molecular weight is 578 g/mol. The van der Waals surface area contributed by atoms with E-state index >= 15 is 0 Å². The van der Waals surface area contributed by atoms with Crippen molar-refractivity contribution in [2.45, 2.75) is 36.6 Å². The molecule has 214 valence electrons. The number of ether oxygens (including phenoxy) is 1. The maximum atomic E-state index is 13.8. The van der Waals surface area contributed by atoms with Gasteiger partial charge < -0.3 is 19.8 Å². The fourth-order valence-electron chi connectivity index (χ4n) is 5.25. The molecular weight excluding hydrogens is 546 g/mol. The number of sulfonamides is 1. The van der Waals surface area contributed by atoms with Crippen molar-refractivity contribution in [1.29, 1.82) is 0 Å². The molecule has 2 heterocycles. The predicted octanol–water partition coefficient (Wildman–Crippen LogP) is 4.39. The summed E-state index contributed by atoms with van der Waals surface area (Å²) in [6.07, 6.45) is 3.24. The number of carbonyl (C=O) groups is 2. The van der Waals surface area contributed by atoms with Crippen molar-refractivity contribution in [3.05, 3.63) is 76.6 Å². The molecule has 0 saturated carbocycles. The highest BCUT2D eigenvalue weighted by molar-refractivity contribution is 7.89. The lowest BCUT2D eigenvalue weighted by atomic mass is 10.0. The highest BCUT2D eigenvalue weighted by Crippen LogP contribution is 2.34. The molecule has 5 rings (SSSR count). The van der Waals surface area contributed by atoms with Crippen LogP contribution in [0.3, 0.4) is 0 Å². The highest BCUT2D eigenvalue weighted by Gasteiger charge is 2.38. The predicted molar refractivity (Wildman–Crippen MR) is 157 cm³/mol. The molecule has 1 aromatic heterocycles. The maximum Gasteiger partial charge on any atom is 0.336 e. The number of carbonyl (C=O) groups excluding carboxylic acids is 2. The van der Waals surface area contributed by atoms with Crippen molar-refractivity contribution < 1.29 is 27.2 Å². The first kappa shape index (κ1) is 28.5. The maximum absolute atomic E-state index is 13.8. The zero-order valence-electron chi connectivity index (χ0n) is 22.6. The number of hydrogen-bond donors (Lipinski definition) is 2. The van der Waals surface area contributed by atoms with Gasteiger partial charge in [-0.3, -0.25) is 9.59 Å². The van der Waals surface area contributed by atoms with E-state index in [-0.39, 0.29) is 17.0 Å².